The van der Waals surface area contributed by atoms with Gasteiger partial charge in [0.15, 0.2) is 0 Å². The van der Waals surface area contributed by atoms with Crippen molar-refractivity contribution < 1.29 is 10.4 Å². The highest BCUT2D eigenvalue weighted by molar-refractivity contribution is 4.27. The predicted molar refractivity (Wildman–Crippen MR) is 19.3 cm³/mol. The van der Waals surface area contributed by atoms with Crippen LogP contribution in [-0.4, -0.2) is 28.7 Å². The van der Waals surface area contributed by atoms with Crippen LogP contribution in [0, 0.1) is 0 Å². The summed E-state index contributed by atoms with van der Waals surface area (Å²) in [6.45, 7) is 0.354. The molecule has 0 unspecified atom stereocenters. The number of nitrogens with two attached hydrogens (primary N) is 1. The van der Waals surface area contributed by atoms with Crippen molar-refractivity contribution in [1.82, 2.24) is 5.23 Å². The zero-order valence-corrected chi connectivity index (χ0v) is 3.33. The number of hydrogen-bond donors (Lipinski definition) is 3. The second kappa shape index (κ2) is 3.05. The van der Waals surface area contributed by atoms with Crippen LogP contribution in [-0.2, 0) is 0 Å². The lowest BCUT2D eigenvalue weighted by atomic mass is 10.7. The molecule has 0 heterocycles. The fourth-order valence-electron chi connectivity index (χ4n) is 0.115. The summed E-state index contributed by atoms with van der Waals surface area (Å²) in [6, 6.07) is 0. The van der Waals surface area contributed by atoms with Gasteiger partial charge in [0.1, 0.15) is 0 Å². The molecule has 0 amide bonds. The van der Waals surface area contributed by atoms with Crippen molar-refractivity contribution in [2.24, 2.45) is 5.73 Å². The lowest BCUT2D eigenvalue weighted by Crippen LogP contribution is -2.22. The molecule has 0 radical (unpaired) electrons. The van der Waals surface area contributed by atoms with Gasteiger partial charge in [-0.3, -0.25) is 10.4 Å². The molecule has 0 saturated carbocycles. The molecular weight excluding hydrogens is 84.0 g/mol. The lowest BCUT2D eigenvalue weighted by Gasteiger charge is -1.99. The molecule has 0 aliphatic heterocycles. The number of rotatable bonds is 2. The maximum Gasteiger partial charge on any atom is 0.0635 e. The second-order valence-corrected chi connectivity index (χ2v) is 0.885. The molecule has 0 saturated heterocycles. The van der Waals surface area contributed by atoms with E-state index in [1.54, 1.807) is 0 Å². The van der Waals surface area contributed by atoms with Crippen molar-refractivity contribution in [2.75, 3.05) is 13.1 Å². The van der Waals surface area contributed by atoms with E-state index in [1.807, 2.05) is 0 Å². The third-order valence-corrected chi connectivity index (χ3v) is 0.329. The van der Waals surface area contributed by atoms with Crippen LogP contribution in [0.25, 0.3) is 0 Å². The Labute approximate surface area is 35.7 Å². The predicted octanol–water partition coefficient (Wildman–Crippen LogP) is -0.974. The minimum atomic E-state index is 0.0556. The maximum atomic E-state index is 7.86. The first kappa shape index (κ1) is 5.84. The van der Waals surface area contributed by atoms with Gasteiger partial charge in [-0.2, -0.15) is 0 Å². The first-order valence-electron chi connectivity index (χ1n) is 1.62. The Kier molecular flexibility index (Phi) is 2.97. The molecule has 0 spiro atoms. The fraction of sp³-hybridized carbons (Fsp3) is 1.00. The number of hydroxylamine groups is 2. The van der Waals surface area contributed by atoms with E-state index in [1.165, 1.54) is 0 Å². The first-order valence-corrected chi connectivity index (χ1v) is 1.62. The number of hydrogen-bond acceptors (Lipinski definition) is 4. The highest BCUT2D eigenvalue weighted by Crippen LogP contribution is 1.62. The van der Waals surface area contributed by atoms with Crippen LogP contribution in [0.2, 0.25) is 0 Å². The normalized spacial score (nSPS) is 10.0. The van der Waals surface area contributed by atoms with E-state index in [-0.39, 0.29) is 18.3 Å². The molecule has 4 heteroatoms. The van der Waals surface area contributed by atoms with Crippen LogP contribution in [0.3, 0.4) is 0 Å². The Balaban J connectivity index is 2.63. The second-order valence-electron chi connectivity index (χ2n) is 0.885. The molecule has 0 aliphatic carbocycles. The Morgan fingerprint density at radius 2 is 2.00 bits per heavy atom. The summed E-state index contributed by atoms with van der Waals surface area (Å²) in [7, 11) is 0. The van der Waals surface area contributed by atoms with Gasteiger partial charge in [-0.1, -0.05) is 5.23 Å². The summed E-state index contributed by atoms with van der Waals surface area (Å²) in [5, 5.41) is 15.8. The SMILES string of the molecule is NCCN(O)O. The van der Waals surface area contributed by atoms with E-state index in [4.69, 9.17) is 16.1 Å². The quantitative estimate of drug-likeness (QED) is 0.383. The highest BCUT2D eigenvalue weighted by Gasteiger charge is 1.84. The minimum absolute atomic E-state index is 0.0556. The van der Waals surface area contributed by atoms with Gasteiger partial charge in [-0.05, 0) is 0 Å². The van der Waals surface area contributed by atoms with E-state index >= 15 is 0 Å². The standard InChI is InChI=1S/C2H8N2O2/c3-1-2-4(5)6/h5-6H,1-3H2. The molecule has 0 aromatic carbocycles. The molecule has 0 atom stereocenters. The van der Waals surface area contributed by atoms with Gasteiger partial charge < -0.3 is 5.73 Å². The molecule has 6 heavy (non-hydrogen) atoms. The molecule has 0 rings (SSSR count). The largest absolute Gasteiger partial charge is 0.329 e. The monoisotopic (exact) mass is 92.1 g/mol. The van der Waals surface area contributed by atoms with Crippen molar-refractivity contribution in [1.29, 1.82) is 0 Å². The van der Waals surface area contributed by atoms with Crippen LogP contribution in [0.5, 0.6) is 0 Å². The summed E-state index contributed by atoms with van der Waals surface area (Å²) in [5.41, 5.74) is 4.87. The van der Waals surface area contributed by atoms with Crippen LogP contribution < -0.4 is 5.73 Å². The molecule has 38 valence electrons. The van der Waals surface area contributed by atoms with E-state index in [0.717, 1.165) is 0 Å². The summed E-state index contributed by atoms with van der Waals surface area (Å²) in [6.07, 6.45) is 0. The zero-order valence-electron chi connectivity index (χ0n) is 3.33. The van der Waals surface area contributed by atoms with E-state index in [9.17, 15) is 0 Å². The average Bonchev–Trinajstić information content (AvgIpc) is 1.35. The molecule has 4 nitrogen and oxygen atoms in total. The van der Waals surface area contributed by atoms with Crippen molar-refractivity contribution in [2.45, 2.75) is 0 Å². The van der Waals surface area contributed by atoms with Crippen LogP contribution >= 0.6 is 0 Å². The first-order chi connectivity index (χ1) is 2.77. The smallest absolute Gasteiger partial charge is 0.0635 e. The summed E-state index contributed by atoms with van der Waals surface area (Å²) < 4.78 is 0. The minimum Gasteiger partial charge on any atom is -0.329 e. The lowest BCUT2D eigenvalue weighted by molar-refractivity contribution is -0.304. The molecule has 0 bridgehead atoms. The van der Waals surface area contributed by atoms with Gasteiger partial charge in [0.05, 0.1) is 6.54 Å². The van der Waals surface area contributed by atoms with Gasteiger partial charge in [0.2, 0.25) is 0 Å². The van der Waals surface area contributed by atoms with Crippen molar-refractivity contribution in [3.8, 4) is 0 Å². The van der Waals surface area contributed by atoms with Gasteiger partial charge >= 0.3 is 0 Å². The molecule has 0 aromatic rings. The Morgan fingerprint density at radius 3 is 2.00 bits per heavy atom. The van der Waals surface area contributed by atoms with E-state index in [0.29, 0.717) is 0 Å². The van der Waals surface area contributed by atoms with Crippen LogP contribution in [0.1, 0.15) is 0 Å². The Morgan fingerprint density at radius 1 is 1.50 bits per heavy atom. The summed E-state index contributed by atoms with van der Waals surface area (Å²) >= 11 is 0. The summed E-state index contributed by atoms with van der Waals surface area (Å²) in [5.74, 6) is 0. The molecule has 0 aliphatic rings. The van der Waals surface area contributed by atoms with E-state index < -0.39 is 0 Å². The maximum absolute atomic E-state index is 7.86. The van der Waals surface area contributed by atoms with Gasteiger partial charge in [0.25, 0.3) is 0 Å². The zero-order chi connectivity index (χ0) is 4.99. The fourth-order valence-corrected chi connectivity index (χ4v) is 0.115. The van der Waals surface area contributed by atoms with Crippen molar-refractivity contribution >= 4 is 0 Å². The Bertz CT molecular complexity index is 30.7. The van der Waals surface area contributed by atoms with Crippen LogP contribution in [0.15, 0.2) is 0 Å². The molecule has 0 fully saturated rings. The summed E-state index contributed by atoms with van der Waals surface area (Å²) in [4.78, 5) is 0. The van der Waals surface area contributed by atoms with Gasteiger partial charge in [-0.25, -0.2) is 0 Å². The van der Waals surface area contributed by atoms with Gasteiger partial charge in [-0.15, -0.1) is 0 Å². The van der Waals surface area contributed by atoms with E-state index in [2.05, 4.69) is 0 Å². The molecular formula is C2H8N2O2. The highest BCUT2D eigenvalue weighted by atomic mass is 16.8. The average molecular weight is 92.1 g/mol. The Hall–Kier alpha value is -0.160. The third-order valence-electron chi connectivity index (χ3n) is 0.329. The van der Waals surface area contributed by atoms with Crippen LogP contribution in [0.4, 0.5) is 0 Å². The molecule has 0 aromatic heterocycles. The van der Waals surface area contributed by atoms with Crippen molar-refractivity contribution in [3.05, 3.63) is 0 Å². The topological polar surface area (TPSA) is 69.7 Å². The number of nitrogens with zero attached hydrogens (tertiary/aromatic N) is 1. The van der Waals surface area contributed by atoms with Crippen molar-refractivity contribution in [3.63, 3.8) is 0 Å². The van der Waals surface area contributed by atoms with Gasteiger partial charge in [0, 0.05) is 6.54 Å². The third kappa shape index (κ3) is 3.84. The molecule has 4 N–H and O–H groups in total.